The number of hydrogen-bond donors (Lipinski definition) is 2. The Balaban J connectivity index is 1.66. The smallest absolute Gasteiger partial charge is 0.154 e. The summed E-state index contributed by atoms with van der Waals surface area (Å²) in [5.41, 5.74) is 3.43. The normalized spacial score (nSPS) is 13.2. The molecule has 1 aromatic carbocycles. The quantitative estimate of drug-likeness (QED) is 0.471. The van der Waals surface area contributed by atoms with Gasteiger partial charge in [-0.2, -0.15) is 0 Å². The Bertz CT molecular complexity index is 1210. The molecule has 0 unspecified atom stereocenters. The van der Waals surface area contributed by atoms with Gasteiger partial charge >= 0.3 is 0 Å². The molecule has 0 amide bonds. The molecule has 9 heteroatoms. The first-order chi connectivity index (χ1) is 14.9. The Labute approximate surface area is 178 Å². The summed E-state index contributed by atoms with van der Waals surface area (Å²) in [5.74, 6) is 0.850. The van der Waals surface area contributed by atoms with Crippen LogP contribution in [0.4, 0.5) is 10.2 Å². The van der Waals surface area contributed by atoms with E-state index in [2.05, 4.69) is 25.4 Å². The highest BCUT2D eigenvalue weighted by Gasteiger charge is 2.15. The Kier molecular flexibility index (Phi) is 5.77. The van der Waals surface area contributed by atoms with Crippen LogP contribution in [-0.2, 0) is 6.42 Å². The van der Waals surface area contributed by atoms with Crippen LogP contribution >= 0.6 is 0 Å². The van der Waals surface area contributed by atoms with Gasteiger partial charge in [0.05, 0.1) is 31.1 Å². The van der Waals surface area contributed by atoms with Gasteiger partial charge < -0.3 is 15.2 Å². The molecule has 31 heavy (non-hydrogen) atoms. The fourth-order valence-electron chi connectivity index (χ4n) is 3.42. The van der Waals surface area contributed by atoms with Crippen molar-refractivity contribution in [1.82, 2.24) is 24.6 Å². The first kappa shape index (κ1) is 20.7. The lowest BCUT2D eigenvalue weighted by Gasteiger charge is -2.18. The average Bonchev–Trinajstić information content (AvgIpc) is 3.16. The van der Waals surface area contributed by atoms with E-state index in [-0.39, 0.29) is 11.9 Å². The van der Waals surface area contributed by atoms with Crippen LogP contribution in [0.15, 0.2) is 48.9 Å². The maximum absolute atomic E-state index is 13.8. The van der Waals surface area contributed by atoms with Gasteiger partial charge in [-0.3, -0.25) is 0 Å². The molecule has 0 aliphatic heterocycles. The summed E-state index contributed by atoms with van der Waals surface area (Å²) in [7, 11) is 1.55. The van der Waals surface area contributed by atoms with E-state index in [1.54, 1.807) is 30.8 Å². The molecule has 3 heterocycles. The van der Waals surface area contributed by atoms with Crippen LogP contribution < -0.4 is 10.1 Å². The van der Waals surface area contributed by atoms with Gasteiger partial charge in [-0.1, -0.05) is 0 Å². The molecule has 0 fully saturated rings. The highest BCUT2D eigenvalue weighted by atomic mass is 19.1. The molecule has 0 saturated carbocycles. The molecule has 4 rings (SSSR count). The Hall–Kier alpha value is -3.59. The van der Waals surface area contributed by atoms with Crippen LogP contribution in [0.2, 0.25) is 0 Å². The van der Waals surface area contributed by atoms with Crippen LogP contribution in [0.1, 0.15) is 31.1 Å². The number of nitrogens with one attached hydrogen (secondary N) is 1. The van der Waals surface area contributed by atoms with Gasteiger partial charge in [0.1, 0.15) is 29.4 Å². The van der Waals surface area contributed by atoms with Crippen molar-refractivity contribution in [2.75, 3.05) is 12.4 Å². The molecule has 0 aliphatic rings. The van der Waals surface area contributed by atoms with E-state index in [1.165, 1.54) is 18.5 Å². The zero-order valence-corrected chi connectivity index (χ0v) is 17.5. The largest absolute Gasteiger partial charge is 0.496 e. The average molecular weight is 422 g/mol. The number of ether oxygens (including phenoxy) is 1. The Morgan fingerprint density at radius 1 is 1.13 bits per heavy atom. The van der Waals surface area contributed by atoms with Crippen molar-refractivity contribution in [3.05, 3.63) is 66.0 Å². The zero-order valence-electron chi connectivity index (χ0n) is 17.5. The van der Waals surface area contributed by atoms with E-state index < -0.39 is 6.10 Å². The molecule has 0 spiro atoms. The number of anilines is 1. The van der Waals surface area contributed by atoms with Crippen molar-refractivity contribution in [1.29, 1.82) is 0 Å². The first-order valence-corrected chi connectivity index (χ1v) is 9.88. The predicted molar refractivity (Wildman–Crippen MR) is 114 cm³/mol. The minimum atomic E-state index is -0.500. The van der Waals surface area contributed by atoms with E-state index in [4.69, 9.17) is 4.74 Å². The second-order valence-electron chi connectivity index (χ2n) is 7.33. The monoisotopic (exact) mass is 422 g/mol. The Morgan fingerprint density at radius 3 is 2.74 bits per heavy atom. The lowest BCUT2D eigenvalue weighted by molar-refractivity contribution is 0.194. The van der Waals surface area contributed by atoms with Crippen LogP contribution in [0.3, 0.4) is 0 Å². The number of nitrogens with zero attached hydrogens (tertiary/aromatic N) is 5. The third kappa shape index (κ3) is 4.46. The van der Waals surface area contributed by atoms with Gasteiger partial charge in [-0.05, 0) is 50.2 Å². The van der Waals surface area contributed by atoms with Crippen molar-refractivity contribution < 1.29 is 14.2 Å². The van der Waals surface area contributed by atoms with Crippen LogP contribution in [0, 0.1) is 5.82 Å². The summed E-state index contributed by atoms with van der Waals surface area (Å²) < 4.78 is 20.8. The van der Waals surface area contributed by atoms with Gasteiger partial charge in [0.2, 0.25) is 0 Å². The van der Waals surface area contributed by atoms with Crippen LogP contribution in [0.5, 0.6) is 5.75 Å². The fraction of sp³-hybridized carbons (Fsp3) is 0.273. The van der Waals surface area contributed by atoms with Crippen molar-refractivity contribution in [2.45, 2.75) is 32.4 Å². The second-order valence-corrected chi connectivity index (χ2v) is 7.33. The van der Waals surface area contributed by atoms with E-state index in [0.29, 0.717) is 40.6 Å². The van der Waals surface area contributed by atoms with Gasteiger partial charge in [0.25, 0.3) is 0 Å². The molecular formula is C22H23FN6O2. The second kappa shape index (κ2) is 8.65. The highest BCUT2D eigenvalue weighted by Crippen LogP contribution is 2.28. The van der Waals surface area contributed by atoms with Crippen molar-refractivity contribution >= 4 is 11.5 Å². The topological polar surface area (TPSA) is 97.5 Å². The number of aliphatic hydroxyl groups excluding tert-OH is 1. The Morgan fingerprint density at radius 2 is 1.97 bits per heavy atom. The number of halogens is 1. The molecule has 0 radical (unpaired) electrons. The summed E-state index contributed by atoms with van der Waals surface area (Å²) in [4.78, 5) is 12.9. The third-order valence-electron chi connectivity index (χ3n) is 4.88. The maximum Gasteiger partial charge on any atom is 0.154 e. The van der Waals surface area contributed by atoms with E-state index >= 15 is 0 Å². The number of benzene rings is 1. The van der Waals surface area contributed by atoms with Gasteiger partial charge in [0.15, 0.2) is 5.65 Å². The standard InChI is InChI=1S/C22H23FN6O2/c1-13(30)8-16-10-18(26-12-25-16)19-11-24-22-7-6-21(28-29(19)22)27-14(2)17-9-15(23)4-5-20(17)31-3/h4-7,9-14,30H,8H2,1-3H3,(H,27,28)/t13-,14+/m0/s1. The molecule has 8 nitrogen and oxygen atoms in total. The molecule has 0 aliphatic carbocycles. The number of fused-ring (bicyclic) bond motifs is 1. The molecule has 0 saturated heterocycles. The summed E-state index contributed by atoms with van der Waals surface area (Å²) in [6.07, 6.45) is 3.09. The predicted octanol–water partition coefficient (Wildman–Crippen LogP) is 3.43. The van der Waals surface area contributed by atoms with E-state index in [9.17, 15) is 9.50 Å². The van der Waals surface area contributed by atoms with Crippen molar-refractivity contribution in [2.24, 2.45) is 0 Å². The number of methoxy groups -OCH3 is 1. The number of aliphatic hydroxyl groups is 1. The van der Waals surface area contributed by atoms with Crippen molar-refractivity contribution in [3.63, 3.8) is 0 Å². The van der Waals surface area contributed by atoms with Crippen molar-refractivity contribution in [3.8, 4) is 17.1 Å². The summed E-state index contributed by atoms with van der Waals surface area (Å²) >= 11 is 0. The van der Waals surface area contributed by atoms with Crippen LogP contribution in [-0.4, -0.2) is 42.9 Å². The first-order valence-electron chi connectivity index (χ1n) is 9.88. The van der Waals surface area contributed by atoms with E-state index in [0.717, 1.165) is 5.69 Å². The molecule has 2 N–H and O–H groups in total. The summed E-state index contributed by atoms with van der Waals surface area (Å²) in [6, 6.07) is 9.64. The zero-order chi connectivity index (χ0) is 22.0. The minimum Gasteiger partial charge on any atom is -0.496 e. The van der Waals surface area contributed by atoms with Gasteiger partial charge in [-0.25, -0.2) is 23.9 Å². The molecular weight excluding hydrogens is 399 g/mol. The molecule has 4 aromatic rings. The third-order valence-corrected chi connectivity index (χ3v) is 4.88. The van der Waals surface area contributed by atoms with Gasteiger partial charge in [-0.15, -0.1) is 5.10 Å². The van der Waals surface area contributed by atoms with Crippen LogP contribution in [0.25, 0.3) is 17.0 Å². The number of imidazole rings is 1. The highest BCUT2D eigenvalue weighted by molar-refractivity contribution is 5.60. The molecule has 3 aromatic heterocycles. The minimum absolute atomic E-state index is 0.251. The lowest BCUT2D eigenvalue weighted by atomic mass is 10.1. The number of aromatic nitrogens is 5. The number of hydrogen-bond acceptors (Lipinski definition) is 7. The summed E-state index contributed by atoms with van der Waals surface area (Å²) in [6.45, 7) is 3.62. The molecule has 2 atom stereocenters. The lowest BCUT2D eigenvalue weighted by Crippen LogP contribution is -2.11. The fourth-order valence-corrected chi connectivity index (χ4v) is 3.42. The van der Waals surface area contributed by atoms with E-state index in [1.807, 2.05) is 25.1 Å². The molecule has 0 bridgehead atoms. The number of rotatable bonds is 7. The molecule has 160 valence electrons. The maximum atomic E-state index is 13.8. The summed E-state index contributed by atoms with van der Waals surface area (Å²) in [5, 5.41) is 17.6. The van der Waals surface area contributed by atoms with Gasteiger partial charge in [0, 0.05) is 17.7 Å². The SMILES string of the molecule is COc1ccc(F)cc1[C@@H](C)Nc1ccc2ncc(-c3cc(C[C@H](C)O)ncn3)n2n1.